The fraction of sp³-hybridized carbons (Fsp3) is 0.364. The molecular formula is C22H25NO4. The first-order chi connectivity index (χ1) is 13.0. The van der Waals surface area contributed by atoms with Crippen molar-refractivity contribution in [2.75, 3.05) is 20.8 Å². The van der Waals surface area contributed by atoms with Gasteiger partial charge in [0.2, 0.25) is 11.8 Å². The molecule has 0 N–H and O–H groups in total. The summed E-state index contributed by atoms with van der Waals surface area (Å²) in [5.41, 5.74) is 2.08. The topological polar surface area (TPSA) is 55.8 Å². The van der Waals surface area contributed by atoms with Gasteiger partial charge in [0.05, 0.1) is 20.1 Å². The van der Waals surface area contributed by atoms with Crippen LogP contribution in [0.1, 0.15) is 30.4 Å². The fourth-order valence-electron chi connectivity index (χ4n) is 3.60. The predicted molar refractivity (Wildman–Crippen MR) is 103 cm³/mol. The van der Waals surface area contributed by atoms with Gasteiger partial charge in [-0.15, -0.1) is 0 Å². The average molecular weight is 367 g/mol. The van der Waals surface area contributed by atoms with Crippen molar-refractivity contribution in [2.24, 2.45) is 5.92 Å². The number of hydrogen-bond acceptors (Lipinski definition) is 4. The van der Waals surface area contributed by atoms with Crippen LogP contribution in [0.5, 0.6) is 11.5 Å². The van der Waals surface area contributed by atoms with E-state index in [4.69, 9.17) is 9.47 Å². The average Bonchev–Trinajstić information content (AvgIpc) is 2.99. The third-order valence-corrected chi connectivity index (χ3v) is 5.28. The van der Waals surface area contributed by atoms with Crippen LogP contribution < -0.4 is 9.47 Å². The molecule has 2 atom stereocenters. The Morgan fingerprint density at radius 3 is 2.41 bits per heavy atom. The second kappa shape index (κ2) is 8.25. The first-order valence-corrected chi connectivity index (χ1v) is 9.15. The highest BCUT2D eigenvalue weighted by atomic mass is 16.5. The standard InChI is InChI=1S/C22H25NO4/c1-15(17-7-5-4-6-8-17)18-14-21(24)23(22(18)25)12-11-16-9-10-19(26-2)20(13-16)27-3/h4-10,13,15,18H,11-12,14H2,1-3H3/t15-,18+/m0/s1. The van der Waals surface area contributed by atoms with Gasteiger partial charge in [0.25, 0.3) is 0 Å². The molecule has 2 aromatic carbocycles. The predicted octanol–water partition coefficient (Wildman–Crippen LogP) is 3.43. The van der Waals surface area contributed by atoms with E-state index in [0.29, 0.717) is 24.5 Å². The summed E-state index contributed by atoms with van der Waals surface area (Å²) in [6, 6.07) is 15.5. The number of rotatable bonds is 7. The van der Waals surface area contributed by atoms with E-state index in [1.165, 1.54) is 4.90 Å². The van der Waals surface area contributed by atoms with Crippen LogP contribution in [0, 0.1) is 5.92 Å². The molecule has 1 saturated heterocycles. The molecule has 27 heavy (non-hydrogen) atoms. The van der Waals surface area contributed by atoms with Crippen LogP contribution in [0.25, 0.3) is 0 Å². The molecule has 0 radical (unpaired) electrons. The van der Waals surface area contributed by atoms with Gasteiger partial charge in [-0.25, -0.2) is 0 Å². The van der Waals surface area contributed by atoms with Crippen molar-refractivity contribution in [1.82, 2.24) is 4.90 Å². The summed E-state index contributed by atoms with van der Waals surface area (Å²) in [6.45, 7) is 2.40. The van der Waals surface area contributed by atoms with Crippen LogP contribution in [0.3, 0.4) is 0 Å². The van der Waals surface area contributed by atoms with E-state index < -0.39 is 0 Å². The highest BCUT2D eigenvalue weighted by Crippen LogP contribution is 2.34. The zero-order valence-corrected chi connectivity index (χ0v) is 16.0. The molecule has 0 bridgehead atoms. The number of amides is 2. The lowest BCUT2D eigenvalue weighted by Gasteiger charge is -2.19. The molecule has 5 nitrogen and oxygen atoms in total. The van der Waals surface area contributed by atoms with Crippen LogP contribution in [-0.2, 0) is 16.0 Å². The minimum absolute atomic E-state index is 0.0220. The van der Waals surface area contributed by atoms with E-state index in [1.54, 1.807) is 14.2 Å². The van der Waals surface area contributed by atoms with Gasteiger partial charge in [0, 0.05) is 13.0 Å². The molecule has 0 spiro atoms. The number of ether oxygens (including phenoxy) is 2. The molecule has 142 valence electrons. The maximum absolute atomic E-state index is 12.8. The molecular weight excluding hydrogens is 342 g/mol. The maximum Gasteiger partial charge on any atom is 0.233 e. The van der Waals surface area contributed by atoms with Crippen molar-refractivity contribution in [1.29, 1.82) is 0 Å². The molecule has 2 aromatic rings. The summed E-state index contributed by atoms with van der Waals surface area (Å²) < 4.78 is 10.6. The third kappa shape index (κ3) is 3.97. The Kier molecular flexibility index (Phi) is 5.79. The smallest absolute Gasteiger partial charge is 0.233 e. The Hall–Kier alpha value is -2.82. The van der Waals surface area contributed by atoms with E-state index in [1.807, 2.05) is 55.5 Å². The van der Waals surface area contributed by atoms with Gasteiger partial charge in [-0.1, -0.05) is 43.3 Å². The SMILES string of the molecule is COc1ccc(CCN2C(=O)C[C@H]([C@@H](C)c3ccccc3)C2=O)cc1OC. The molecule has 1 aliphatic heterocycles. The molecule has 2 amide bonds. The number of carbonyl (C=O) groups excluding carboxylic acids is 2. The Morgan fingerprint density at radius 2 is 1.74 bits per heavy atom. The Labute approximate surface area is 159 Å². The van der Waals surface area contributed by atoms with Crippen LogP contribution >= 0.6 is 0 Å². The molecule has 1 heterocycles. The molecule has 1 fully saturated rings. The summed E-state index contributed by atoms with van der Waals surface area (Å²) in [5.74, 6) is 0.875. The molecule has 5 heteroatoms. The van der Waals surface area contributed by atoms with Gasteiger partial charge in [-0.3, -0.25) is 14.5 Å². The largest absolute Gasteiger partial charge is 0.493 e. The van der Waals surface area contributed by atoms with Gasteiger partial charge in [0.1, 0.15) is 0 Å². The van der Waals surface area contributed by atoms with E-state index in [-0.39, 0.29) is 30.1 Å². The zero-order valence-electron chi connectivity index (χ0n) is 16.0. The van der Waals surface area contributed by atoms with Crippen LogP contribution in [-0.4, -0.2) is 37.5 Å². The lowest BCUT2D eigenvalue weighted by molar-refractivity contribution is -0.139. The van der Waals surface area contributed by atoms with Crippen molar-refractivity contribution < 1.29 is 19.1 Å². The zero-order chi connectivity index (χ0) is 19.4. The molecule has 0 aromatic heterocycles. The van der Waals surface area contributed by atoms with Crippen LogP contribution in [0.2, 0.25) is 0 Å². The first kappa shape index (κ1) is 19.0. The third-order valence-electron chi connectivity index (χ3n) is 5.28. The number of methoxy groups -OCH3 is 2. The Bertz CT molecular complexity index is 818. The molecule has 3 rings (SSSR count). The molecule has 0 saturated carbocycles. The van der Waals surface area contributed by atoms with Crippen molar-refractivity contribution in [2.45, 2.75) is 25.7 Å². The monoisotopic (exact) mass is 367 g/mol. The van der Waals surface area contributed by atoms with Gasteiger partial charge < -0.3 is 9.47 Å². The summed E-state index contributed by atoms with van der Waals surface area (Å²) >= 11 is 0. The van der Waals surface area contributed by atoms with Gasteiger partial charge in [-0.05, 0) is 35.6 Å². The Balaban J connectivity index is 1.67. The second-order valence-electron chi connectivity index (χ2n) is 6.83. The molecule has 0 unspecified atom stereocenters. The van der Waals surface area contributed by atoms with Crippen molar-refractivity contribution in [3.63, 3.8) is 0 Å². The fourth-order valence-corrected chi connectivity index (χ4v) is 3.60. The van der Waals surface area contributed by atoms with Gasteiger partial charge in [0.15, 0.2) is 11.5 Å². The number of imide groups is 1. The summed E-state index contributed by atoms with van der Waals surface area (Å²) in [4.78, 5) is 26.7. The first-order valence-electron chi connectivity index (χ1n) is 9.15. The van der Waals surface area contributed by atoms with Crippen molar-refractivity contribution in [3.05, 3.63) is 59.7 Å². The quantitative estimate of drug-likeness (QED) is 0.704. The van der Waals surface area contributed by atoms with E-state index in [9.17, 15) is 9.59 Å². The maximum atomic E-state index is 12.8. The van der Waals surface area contributed by atoms with E-state index in [2.05, 4.69) is 0 Å². The minimum Gasteiger partial charge on any atom is -0.493 e. The number of hydrogen-bond donors (Lipinski definition) is 0. The van der Waals surface area contributed by atoms with E-state index in [0.717, 1.165) is 11.1 Å². The number of carbonyl (C=O) groups is 2. The number of benzene rings is 2. The number of likely N-dealkylation sites (tertiary alicyclic amines) is 1. The molecule has 1 aliphatic rings. The van der Waals surface area contributed by atoms with Gasteiger partial charge in [-0.2, -0.15) is 0 Å². The second-order valence-corrected chi connectivity index (χ2v) is 6.83. The van der Waals surface area contributed by atoms with Crippen molar-refractivity contribution >= 4 is 11.8 Å². The van der Waals surface area contributed by atoms with Crippen molar-refractivity contribution in [3.8, 4) is 11.5 Å². The molecule has 0 aliphatic carbocycles. The minimum atomic E-state index is -0.287. The van der Waals surface area contributed by atoms with Crippen LogP contribution in [0.15, 0.2) is 48.5 Å². The summed E-state index contributed by atoms with van der Waals surface area (Å²) in [5, 5.41) is 0. The van der Waals surface area contributed by atoms with E-state index >= 15 is 0 Å². The van der Waals surface area contributed by atoms with Gasteiger partial charge >= 0.3 is 0 Å². The highest BCUT2D eigenvalue weighted by Gasteiger charge is 2.41. The summed E-state index contributed by atoms with van der Waals surface area (Å²) in [7, 11) is 3.18. The lowest BCUT2D eigenvalue weighted by atomic mass is 9.86. The lowest BCUT2D eigenvalue weighted by Crippen LogP contribution is -2.33. The summed E-state index contributed by atoms with van der Waals surface area (Å²) in [6.07, 6.45) is 0.866. The Morgan fingerprint density at radius 1 is 1.04 bits per heavy atom. The highest BCUT2D eigenvalue weighted by molar-refractivity contribution is 6.04. The normalized spacial score (nSPS) is 17.9. The van der Waals surface area contributed by atoms with Crippen LogP contribution in [0.4, 0.5) is 0 Å². The number of nitrogens with zero attached hydrogens (tertiary/aromatic N) is 1.